The number of epoxide rings is 3. The summed E-state index contributed by atoms with van der Waals surface area (Å²) in [7, 11) is 8.67. The maximum atomic E-state index is 9.14. The number of aliphatic hydroxyl groups excluding tert-OH is 1. The van der Waals surface area contributed by atoms with E-state index in [0.717, 1.165) is 45.8 Å². The van der Waals surface area contributed by atoms with Gasteiger partial charge in [0.15, 0.2) is 0 Å². The van der Waals surface area contributed by atoms with Gasteiger partial charge in [-0.05, 0) is 25.7 Å². The number of rotatable bonds is 20. The molecule has 4 radical (unpaired) electrons. The molecule has 0 spiro atoms. The Hall–Kier alpha value is 0.961. The van der Waals surface area contributed by atoms with Crippen LogP contribution >= 0.6 is 16.9 Å². The van der Waals surface area contributed by atoms with Crippen LogP contribution in [0.5, 0.6) is 0 Å². The topological polar surface area (TPSA) is 277 Å². The van der Waals surface area contributed by atoms with E-state index in [2.05, 4.69) is 4.43 Å². The zero-order valence-corrected chi connectivity index (χ0v) is 34.6. The smallest absolute Gasteiger partial charge is 0.412 e. The summed E-state index contributed by atoms with van der Waals surface area (Å²) in [6.45, 7) is 8.47. The zero-order chi connectivity index (χ0) is 35.9. The summed E-state index contributed by atoms with van der Waals surface area (Å²) >= 11 is 0. The molecule has 3 saturated heterocycles. The molecule has 24 heteroatoms. The van der Waals surface area contributed by atoms with E-state index in [-0.39, 0.29) is 35.2 Å². The Balaban J connectivity index is -0.000000170. The van der Waals surface area contributed by atoms with Gasteiger partial charge in [-0.3, -0.25) is 0 Å². The van der Waals surface area contributed by atoms with Gasteiger partial charge in [0.2, 0.25) is 0 Å². The lowest BCUT2D eigenvalue weighted by atomic mass is 10.3. The van der Waals surface area contributed by atoms with Crippen LogP contribution in [0, 0.1) is 0 Å². The Bertz CT molecular complexity index is 631. The molecule has 0 bridgehead atoms. The monoisotopic (exact) mass is 792 g/mol. The molecule has 0 aromatic rings. The maximum absolute atomic E-state index is 9.14. The Kier molecular flexibility index (Phi) is 45.8. The molecular weight excluding hydrogens is 728 g/mol. The normalized spacial score (nSPS) is 18.9. The predicted molar refractivity (Wildman–Crippen MR) is 195 cm³/mol. The third kappa shape index (κ3) is 45.0. The number of hydrogen-bond acceptors (Lipinski definition) is 15. The van der Waals surface area contributed by atoms with Gasteiger partial charge < -0.3 is 81.4 Å². The third-order valence-electron chi connectivity index (χ3n) is 5.68. The van der Waals surface area contributed by atoms with Crippen molar-refractivity contribution in [3.63, 3.8) is 0 Å². The summed E-state index contributed by atoms with van der Waals surface area (Å²) in [6.07, 6.45) is 4.22. The highest BCUT2D eigenvalue weighted by Gasteiger charge is 2.38. The van der Waals surface area contributed by atoms with Crippen molar-refractivity contribution in [1.82, 2.24) is 0 Å². The standard InChI is InChI=1S/C8H18O4Si.C7H16O5Si.C6H14O5Si.2CH4BP.CH4O.2H2O/c1-9-13(10-2,11-3)6-4-5-8-7-12-8;1-10-13(8,9)4-2-3-11-5-7-6-12-7;7-12(8,9)3-1-2-10-4-6-5-11-6;2*1-3-2;1-2;;/h8H,4-7H2,1-3H3;7-9H,2-6H2,1H3;6-9H,1-5H2;2*3H,1H3;2H,1H3;2*1H2. The van der Waals surface area contributed by atoms with E-state index in [9.17, 15) is 0 Å². The van der Waals surface area contributed by atoms with Crippen LogP contribution in [0.2, 0.25) is 18.1 Å². The van der Waals surface area contributed by atoms with Crippen molar-refractivity contribution < 1.29 is 81.4 Å². The van der Waals surface area contributed by atoms with Gasteiger partial charge in [-0.25, -0.2) is 0 Å². The number of ether oxygens (including phenoxy) is 5. The quantitative estimate of drug-likeness (QED) is 0.0331. The first-order valence-corrected chi connectivity index (χ1v) is 24.0. The molecule has 3 fully saturated rings. The van der Waals surface area contributed by atoms with Gasteiger partial charge in [-0.2, -0.15) is 16.9 Å². The largest absolute Gasteiger partial charge is 0.500 e. The molecule has 10 N–H and O–H groups in total. The predicted octanol–water partition coefficient (Wildman–Crippen LogP) is -2.17. The molecule has 5 atom stereocenters. The second kappa shape index (κ2) is 37.7. The molecule has 48 heavy (non-hydrogen) atoms. The first-order chi connectivity index (χ1) is 21.8. The van der Waals surface area contributed by atoms with Gasteiger partial charge in [-0.1, -0.05) is 13.3 Å². The first kappa shape index (κ1) is 58.3. The van der Waals surface area contributed by atoms with Gasteiger partial charge in [0.25, 0.3) is 0 Å². The van der Waals surface area contributed by atoms with Crippen molar-refractivity contribution in [3.8, 4) is 0 Å². The van der Waals surface area contributed by atoms with Crippen LogP contribution in [-0.2, 0) is 41.4 Å². The molecular formula is C24H64B2O17P2Si3. The summed E-state index contributed by atoms with van der Waals surface area (Å²) in [5.74, 6) is 0. The molecule has 17 nitrogen and oxygen atoms in total. The second-order valence-electron chi connectivity index (χ2n) is 9.71. The van der Waals surface area contributed by atoms with Crippen LogP contribution in [0.3, 0.4) is 0 Å². The van der Waals surface area contributed by atoms with Crippen molar-refractivity contribution in [1.29, 1.82) is 0 Å². The van der Waals surface area contributed by atoms with Crippen LogP contribution in [-0.4, -0.2) is 195 Å². The summed E-state index contributed by atoms with van der Waals surface area (Å²) in [4.78, 5) is 44.1. The van der Waals surface area contributed by atoms with Crippen LogP contribution in [0.4, 0.5) is 0 Å². The first-order valence-electron chi connectivity index (χ1n) is 14.8. The van der Waals surface area contributed by atoms with Crippen molar-refractivity contribution in [3.05, 3.63) is 0 Å². The second-order valence-corrected chi connectivity index (χ2v) is 18.4. The summed E-state index contributed by atoms with van der Waals surface area (Å²) in [6, 6.07) is 1.20. The highest BCUT2D eigenvalue weighted by atomic mass is 31.1. The minimum absolute atomic E-state index is 0. The van der Waals surface area contributed by atoms with Crippen LogP contribution < -0.4 is 0 Å². The lowest BCUT2D eigenvalue weighted by Gasteiger charge is -2.23. The highest BCUT2D eigenvalue weighted by molar-refractivity contribution is 7.65. The minimum Gasteiger partial charge on any atom is -0.412 e. The molecule has 0 aromatic carbocycles. The molecule has 290 valence electrons. The Morgan fingerprint density at radius 2 is 0.979 bits per heavy atom. The average Bonchev–Trinajstić information content (AvgIpc) is 3.87. The van der Waals surface area contributed by atoms with Gasteiger partial charge in [0.05, 0.1) is 39.1 Å². The van der Waals surface area contributed by atoms with E-state index in [4.69, 9.17) is 81.2 Å². The number of aliphatic hydroxyl groups is 1. The van der Waals surface area contributed by atoms with Crippen LogP contribution in [0.1, 0.15) is 25.7 Å². The molecule has 3 aliphatic rings. The summed E-state index contributed by atoms with van der Waals surface area (Å²) < 4.78 is 45.7. The SMILES string of the molecule is CO.CO[Si](CCCC1CO1)(OC)OC.CO[Si](O)(O)CCCOCC1CO1.O.O.O[Si](O)(O)CCCOCC1CO1.[B]PC.[B]PC. The van der Waals surface area contributed by atoms with E-state index in [1.54, 1.807) is 21.3 Å². The van der Waals surface area contributed by atoms with Gasteiger partial charge in [0.1, 0.15) is 27.3 Å². The lowest BCUT2D eigenvalue weighted by Crippen LogP contribution is -2.42. The van der Waals surface area contributed by atoms with Crippen molar-refractivity contribution in [2.75, 3.05) is 95.1 Å². The van der Waals surface area contributed by atoms with Crippen molar-refractivity contribution in [2.24, 2.45) is 0 Å². The fourth-order valence-electron chi connectivity index (χ4n) is 3.01. The van der Waals surface area contributed by atoms with E-state index in [1.165, 1.54) is 7.11 Å². The fraction of sp³-hybridized carbons (Fsp3) is 1.00. The van der Waals surface area contributed by atoms with Crippen molar-refractivity contribution in [2.45, 2.75) is 62.1 Å². The van der Waals surface area contributed by atoms with Crippen molar-refractivity contribution >= 4 is 58.5 Å². The van der Waals surface area contributed by atoms with E-state index in [0.29, 0.717) is 62.3 Å². The van der Waals surface area contributed by atoms with Crippen LogP contribution in [0.15, 0.2) is 0 Å². The third-order valence-corrected chi connectivity index (χ3v) is 11.2. The molecule has 3 heterocycles. The molecule has 3 aliphatic heterocycles. The molecule has 0 aliphatic carbocycles. The molecule has 5 unspecified atom stereocenters. The van der Waals surface area contributed by atoms with E-state index >= 15 is 0 Å². The summed E-state index contributed by atoms with van der Waals surface area (Å²) in [5, 5.41) is 7.00. The fourth-order valence-corrected chi connectivity index (χ4v) is 6.19. The molecule has 3 rings (SSSR count). The molecule has 0 aromatic heterocycles. The van der Waals surface area contributed by atoms with Gasteiger partial charge >= 0.3 is 26.4 Å². The molecule has 0 amide bonds. The Morgan fingerprint density at radius 1 is 0.625 bits per heavy atom. The van der Waals surface area contributed by atoms with Gasteiger partial charge in [0, 0.05) is 66.9 Å². The lowest BCUT2D eigenvalue weighted by molar-refractivity contribution is 0.111. The number of hydrogen-bond donors (Lipinski definition) is 6. The molecule has 0 saturated carbocycles. The van der Waals surface area contributed by atoms with Gasteiger partial charge in [-0.15, -0.1) is 0 Å². The zero-order valence-electron chi connectivity index (χ0n) is 29.6. The van der Waals surface area contributed by atoms with E-state index < -0.39 is 26.4 Å². The maximum Gasteiger partial charge on any atom is 0.500 e. The van der Waals surface area contributed by atoms with Crippen LogP contribution in [0.25, 0.3) is 0 Å². The Labute approximate surface area is 296 Å². The average molecular weight is 793 g/mol. The minimum atomic E-state index is -3.83. The van der Waals surface area contributed by atoms with E-state index in [1.807, 2.05) is 13.3 Å². The Morgan fingerprint density at radius 3 is 1.27 bits per heavy atom. The highest BCUT2D eigenvalue weighted by Crippen LogP contribution is 2.22. The summed E-state index contributed by atoms with van der Waals surface area (Å²) in [5.41, 5.74) is 0.